The number of anilines is 2. The van der Waals surface area contributed by atoms with Crippen LogP contribution in [0.25, 0.3) is 0 Å². The van der Waals surface area contributed by atoms with Gasteiger partial charge >= 0.3 is 0 Å². The van der Waals surface area contributed by atoms with E-state index in [1.165, 1.54) is 0 Å². The Balaban J connectivity index is 1.54. The van der Waals surface area contributed by atoms with Crippen LogP contribution in [0, 0.1) is 0 Å². The highest BCUT2D eigenvalue weighted by Crippen LogP contribution is 2.16. The highest BCUT2D eigenvalue weighted by molar-refractivity contribution is 5.93. The Morgan fingerprint density at radius 3 is 1.50 bits per heavy atom. The van der Waals surface area contributed by atoms with E-state index in [4.69, 9.17) is 9.47 Å². The molecule has 0 bridgehead atoms. The predicted molar refractivity (Wildman–Crippen MR) is 119 cm³/mol. The van der Waals surface area contributed by atoms with Gasteiger partial charge in [0.15, 0.2) is 0 Å². The molecular formula is C22H28N6O4. The number of aryl methyl sites for hydroxylation is 2. The van der Waals surface area contributed by atoms with Crippen molar-refractivity contribution in [1.82, 2.24) is 19.6 Å². The van der Waals surface area contributed by atoms with Gasteiger partial charge in [0, 0.05) is 40.7 Å². The van der Waals surface area contributed by atoms with E-state index in [9.17, 15) is 9.59 Å². The molecule has 2 heterocycles. The van der Waals surface area contributed by atoms with Crippen LogP contribution in [0.2, 0.25) is 0 Å². The summed E-state index contributed by atoms with van der Waals surface area (Å²) in [5, 5.41) is 14.3. The van der Waals surface area contributed by atoms with Crippen molar-refractivity contribution in [3.05, 3.63) is 59.2 Å². The van der Waals surface area contributed by atoms with Crippen molar-refractivity contribution in [2.75, 3.05) is 24.9 Å². The number of aromatic nitrogens is 4. The third-order valence-corrected chi connectivity index (χ3v) is 4.67. The van der Waals surface area contributed by atoms with Crippen molar-refractivity contribution in [1.29, 1.82) is 0 Å². The van der Waals surface area contributed by atoms with Crippen LogP contribution in [0.3, 0.4) is 0 Å². The van der Waals surface area contributed by atoms with Gasteiger partial charge < -0.3 is 20.1 Å². The first-order valence-corrected chi connectivity index (χ1v) is 10.1. The van der Waals surface area contributed by atoms with E-state index in [1.807, 2.05) is 24.3 Å². The van der Waals surface area contributed by atoms with Gasteiger partial charge in [0.1, 0.15) is 11.4 Å². The molecule has 0 atom stereocenters. The maximum Gasteiger partial charge on any atom is 0.228 e. The zero-order valence-electron chi connectivity index (χ0n) is 18.7. The Hall–Kier alpha value is -3.50. The zero-order valence-corrected chi connectivity index (χ0v) is 18.7. The number of carbonyl (C=O) groups excluding carboxylic acids is 2. The Bertz CT molecular complexity index is 986. The van der Waals surface area contributed by atoms with Crippen LogP contribution in [-0.4, -0.2) is 45.6 Å². The minimum absolute atomic E-state index is 0.150. The molecule has 0 spiro atoms. The molecule has 2 aromatic heterocycles. The molecule has 0 aliphatic heterocycles. The van der Waals surface area contributed by atoms with Crippen molar-refractivity contribution in [2.45, 2.75) is 26.1 Å². The van der Waals surface area contributed by atoms with Gasteiger partial charge in [-0.2, -0.15) is 10.2 Å². The van der Waals surface area contributed by atoms with E-state index < -0.39 is 0 Å². The van der Waals surface area contributed by atoms with Crippen molar-refractivity contribution < 1.29 is 19.1 Å². The number of methoxy groups -OCH3 is 2. The van der Waals surface area contributed by atoms with Crippen LogP contribution in [0.1, 0.15) is 22.5 Å². The van der Waals surface area contributed by atoms with Crippen LogP contribution in [0.4, 0.5) is 11.4 Å². The number of nitrogens with zero attached hydrogens (tertiary/aromatic N) is 4. The van der Waals surface area contributed by atoms with Crippen molar-refractivity contribution >= 4 is 23.2 Å². The fraction of sp³-hybridized carbons (Fsp3) is 0.364. The van der Waals surface area contributed by atoms with E-state index >= 15 is 0 Å². The maximum absolute atomic E-state index is 12.4. The SMILES string of the molecule is COCc1nn(C)cc1NC(=O)Cc1ccc(CC(=O)Nc2cn(C)nc2COC)cc1. The Labute approximate surface area is 186 Å². The second kappa shape index (κ2) is 10.7. The Morgan fingerprint density at radius 1 is 0.781 bits per heavy atom. The number of amides is 2. The summed E-state index contributed by atoms with van der Waals surface area (Å²) in [7, 11) is 6.74. The number of hydrogen-bond donors (Lipinski definition) is 2. The van der Waals surface area contributed by atoms with Crippen molar-refractivity contribution in [3.63, 3.8) is 0 Å². The fourth-order valence-electron chi connectivity index (χ4n) is 3.30. The molecule has 0 saturated heterocycles. The van der Waals surface area contributed by atoms with Gasteiger partial charge in [-0.25, -0.2) is 0 Å². The molecule has 0 saturated carbocycles. The molecule has 3 rings (SSSR count). The summed E-state index contributed by atoms with van der Waals surface area (Å²) in [6.07, 6.45) is 3.91. The van der Waals surface area contributed by atoms with Crippen molar-refractivity contribution in [2.24, 2.45) is 14.1 Å². The topological polar surface area (TPSA) is 112 Å². The molecule has 0 radical (unpaired) electrons. The Morgan fingerprint density at radius 2 is 1.16 bits per heavy atom. The standard InChI is InChI=1S/C22H28N6O4/c1-27-11-17(19(25-27)13-31-3)23-21(29)9-15-5-7-16(8-6-15)10-22(30)24-18-12-28(2)26-20(18)14-32-4/h5-8,11-12H,9-10,13-14H2,1-4H3,(H,23,29)(H,24,30). The molecule has 0 fully saturated rings. The lowest BCUT2D eigenvalue weighted by molar-refractivity contribution is -0.116. The van der Waals surface area contributed by atoms with Gasteiger partial charge in [0.25, 0.3) is 0 Å². The molecule has 32 heavy (non-hydrogen) atoms. The normalized spacial score (nSPS) is 10.9. The summed E-state index contributed by atoms with van der Waals surface area (Å²) in [5.41, 5.74) is 4.31. The third kappa shape index (κ3) is 6.25. The van der Waals surface area contributed by atoms with Gasteiger partial charge in [-0.3, -0.25) is 19.0 Å². The summed E-state index contributed by atoms with van der Waals surface area (Å²) in [5.74, 6) is -0.300. The quantitative estimate of drug-likeness (QED) is 0.497. The molecule has 0 aliphatic rings. The number of benzene rings is 1. The largest absolute Gasteiger partial charge is 0.378 e. The molecule has 10 heteroatoms. The first-order valence-electron chi connectivity index (χ1n) is 10.1. The number of carbonyl (C=O) groups is 2. The molecule has 2 N–H and O–H groups in total. The molecule has 0 aliphatic carbocycles. The number of rotatable bonds is 10. The lowest BCUT2D eigenvalue weighted by Crippen LogP contribution is -2.16. The molecule has 2 amide bonds. The van der Waals surface area contributed by atoms with Crippen LogP contribution in [0.15, 0.2) is 36.7 Å². The number of nitrogens with one attached hydrogen (secondary N) is 2. The summed E-state index contributed by atoms with van der Waals surface area (Å²) in [6.45, 7) is 0.637. The van der Waals surface area contributed by atoms with E-state index in [2.05, 4.69) is 20.8 Å². The van der Waals surface area contributed by atoms with E-state index in [0.29, 0.717) is 36.0 Å². The first-order chi connectivity index (χ1) is 15.4. The van der Waals surface area contributed by atoms with Gasteiger partial charge in [-0.05, 0) is 11.1 Å². The smallest absolute Gasteiger partial charge is 0.228 e. The van der Waals surface area contributed by atoms with E-state index in [0.717, 1.165) is 11.1 Å². The summed E-state index contributed by atoms with van der Waals surface area (Å²) in [4.78, 5) is 24.9. The monoisotopic (exact) mass is 440 g/mol. The number of hydrogen-bond acceptors (Lipinski definition) is 6. The average molecular weight is 441 g/mol. The molecular weight excluding hydrogens is 412 g/mol. The summed E-state index contributed by atoms with van der Waals surface area (Å²) >= 11 is 0. The average Bonchev–Trinajstić information content (AvgIpc) is 3.25. The Kier molecular flexibility index (Phi) is 7.74. The van der Waals surface area contributed by atoms with Gasteiger partial charge in [-0.1, -0.05) is 24.3 Å². The fourth-order valence-corrected chi connectivity index (χ4v) is 3.30. The lowest BCUT2D eigenvalue weighted by Gasteiger charge is -2.07. The van der Waals surface area contributed by atoms with Gasteiger partial charge in [-0.15, -0.1) is 0 Å². The van der Waals surface area contributed by atoms with Crippen LogP contribution in [-0.2, 0) is 59.2 Å². The summed E-state index contributed by atoms with van der Waals surface area (Å²) in [6, 6.07) is 7.40. The minimum Gasteiger partial charge on any atom is -0.378 e. The molecule has 0 unspecified atom stereocenters. The molecule has 10 nitrogen and oxygen atoms in total. The van der Waals surface area contributed by atoms with Gasteiger partial charge in [0.2, 0.25) is 11.8 Å². The highest BCUT2D eigenvalue weighted by atomic mass is 16.5. The third-order valence-electron chi connectivity index (χ3n) is 4.67. The first kappa shape index (κ1) is 23.2. The maximum atomic E-state index is 12.4. The zero-order chi connectivity index (χ0) is 23.1. The summed E-state index contributed by atoms with van der Waals surface area (Å²) < 4.78 is 13.5. The lowest BCUT2D eigenvalue weighted by atomic mass is 10.1. The highest BCUT2D eigenvalue weighted by Gasteiger charge is 2.13. The second-order valence-electron chi connectivity index (χ2n) is 7.46. The molecule has 1 aromatic carbocycles. The minimum atomic E-state index is -0.150. The van der Waals surface area contributed by atoms with Crippen LogP contribution < -0.4 is 10.6 Å². The second-order valence-corrected chi connectivity index (χ2v) is 7.46. The van der Waals surface area contributed by atoms with Gasteiger partial charge in [0.05, 0.1) is 37.4 Å². The molecule has 170 valence electrons. The van der Waals surface area contributed by atoms with Crippen molar-refractivity contribution in [3.8, 4) is 0 Å². The van der Waals surface area contributed by atoms with Crippen LogP contribution >= 0.6 is 0 Å². The predicted octanol–water partition coefficient (Wildman–Crippen LogP) is 1.81. The van der Waals surface area contributed by atoms with E-state index in [-0.39, 0.29) is 24.7 Å². The number of ether oxygens (including phenoxy) is 2. The molecule has 3 aromatic rings. The van der Waals surface area contributed by atoms with E-state index in [1.54, 1.807) is 50.1 Å². The van der Waals surface area contributed by atoms with Crippen LogP contribution in [0.5, 0.6) is 0 Å².